The normalized spacial score (nSPS) is 28.4. The summed E-state index contributed by atoms with van der Waals surface area (Å²) in [4.78, 5) is 13.6. The molecule has 2 saturated heterocycles. The summed E-state index contributed by atoms with van der Waals surface area (Å²) in [7, 11) is -1.77. The number of hydrogen-bond acceptors (Lipinski definition) is 6. The van der Waals surface area contributed by atoms with E-state index >= 15 is 4.39 Å². The summed E-state index contributed by atoms with van der Waals surface area (Å²) in [5, 5.41) is 6.12. The molecular weight excluding hydrogens is 581 g/mol. The molecule has 1 unspecified atom stereocenters. The van der Waals surface area contributed by atoms with E-state index in [1.807, 2.05) is 0 Å². The molecule has 0 aromatic heterocycles. The van der Waals surface area contributed by atoms with Gasteiger partial charge in [0.1, 0.15) is 5.82 Å². The van der Waals surface area contributed by atoms with Crippen molar-refractivity contribution in [1.29, 1.82) is 0 Å². The van der Waals surface area contributed by atoms with Gasteiger partial charge in [-0.3, -0.25) is 4.79 Å². The smallest absolute Gasteiger partial charge is 0.241 e. The molecule has 2 heterocycles. The minimum Gasteiger partial charge on any atom is -0.381 e. The fraction of sp³-hybridized carbons (Fsp3) is 0.581. The van der Waals surface area contributed by atoms with Crippen LogP contribution in [0.5, 0.6) is 0 Å². The average molecular weight is 623 g/mol. The van der Waals surface area contributed by atoms with Gasteiger partial charge in [0.05, 0.1) is 17.9 Å². The van der Waals surface area contributed by atoms with Crippen LogP contribution in [-0.2, 0) is 26.0 Å². The first-order chi connectivity index (χ1) is 20.6. The van der Waals surface area contributed by atoms with Crippen LogP contribution >= 0.6 is 0 Å². The van der Waals surface area contributed by atoms with Gasteiger partial charge in [0.15, 0.2) is 11.6 Å². The van der Waals surface area contributed by atoms with Gasteiger partial charge in [0, 0.05) is 49.5 Å². The zero-order valence-corrected chi connectivity index (χ0v) is 25.2. The van der Waals surface area contributed by atoms with Crippen molar-refractivity contribution < 1.29 is 31.1 Å². The number of rotatable bonds is 9. The molecule has 12 heteroatoms. The lowest BCUT2D eigenvalue weighted by atomic mass is 9.72. The predicted octanol–water partition coefficient (Wildman–Crippen LogP) is 4.06. The number of piperazine rings is 1. The SMILES string of the molecule is COC1CCC([C@H](c2ccc(F)cc2)[C@H](N)C(=O)Nc2ccc(F)c(F)c2CC[C@H]2CN[C@@H]3CCCS(=O)(=O)N2C3)CC1. The average Bonchev–Trinajstić information content (AvgIpc) is 3.11. The monoisotopic (exact) mass is 622 g/mol. The first-order valence-corrected chi connectivity index (χ1v) is 16.7. The van der Waals surface area contributed by atoms with Crippen molar-refractivity contribution in [3.63, 3.8) is 0 Å². The Hall–Kier alpha value is -2.51. The van der Waals surface area contributed by atoms with Crippen LogP contribution in [0.15, 0.2) is 36.4 Å². The number of benzene rings is 2. The Balaban J connectivity index is 1.35. The van der Waals surface area contributed by atoms with Crippen molar-refractivity contribution in [1.82, 2.24) is 9.62 Å². The molecule has 2 aliphatic heterocycles. The lowest BCUT2D eigenvalue weighted by Crippen LogP contribution is -2.57. The van der Waals surface area contributed by atoms with Crippen LogP contribution in [0.25, 0.3) is 0 Å². The number of fused-ring (bicyclic) bond motifs is 2. The van der Waals surface area contributed by atoms with E-state index in [4.69, 9.17) is 10.5 Å². The van der Waals surface area contributed by atoms with Gasteiger partial charge in [-0.1, -0.05) is 12.1 Å². The van der Waals surface area contributed by atoms with E-state index in [1.165, 1.54) is 22.5 Å². The predicted molar refractivity (Wildman–Crippen MR) is 158 cm³/mol. The van der Waals surface area contributed by atoms with Gasteiger partial charge in [-0.2, -0.15) is 4.31 Å². The number of amides is 1. The molecule has 3 fully saturated rings. The quantitative estimate of drug-likeness (QED) is 0.389. The van der Waals surface area contributed by atoms with Crippen molar-refractivity contribution in [3.05, 3.63) is 65.0 Å². The van der Waals surface area contributed by atoms with Gasteiger partial charge in [0.25, 0.3) is 0 Å². The molecule has 8 nitrogen and oxygen atoms in total. The summed E-state index contributed by atoms with van der Waals surface area (Å²) in [6.07, 6.45) is 4.90. The fourth-order valence-electron chi connectivity index (χ4n) is 7.03. The second kappa shape index (κ2) is 13.6. The Kier molecular flexibility index (Phi) is 10.1. The van der Waals surface area contributed by atoms with Gasteiger partial charge in [-0.05, 0) is 87.1 Å². The largest absolute Gasteiger partial charge is 0.381 e. The van der Waals surface area contributed by atoms with Crippen LogP contribution < -0.4 is 16.4 Å². The van der Waals surface area contributed by atoms with Gasteiger partial charge < -0.3 is 21.1 Å². The third-order valence-corrected chi connectivity index (χ3v) is 11.4. The Morgan fingerprint density at radius 3 is 2.51 bits per heavy atom. The highest BCUT2D eigenvalue weighted by Gasteiger charge is 2.39. The van der Waals surface area contributed by atoms with Gasteiger partial charge >= 0.3 is 0 Å². The van der Waals surface area contributed by atoms with Crippen LogP contribution in [-0.4, -0.2) is 68.8 Å². The Morgan fingerprint density at radius 2 is 1.81 bits per heavy atom. The second-order valence-electron chi connectivity index (χ2n) is 12.1. The summed E-state index contributed by atoms with van der Waals surface area (Å²) in [5.74, 6) is -3.42. The summed E-state index contributed by atoms with van der Waals surface area (Å²) in [6, 6.07) is 6.84. The summed E-state index contributed by atoms with van der Waals surface area (Å²) in [5.41, 5.74) is 7.40. The van der Waals surface area contributed by atoms with Crippen molar-refractivity contribution in [3.8, 4) is 0 Å². The van der Waals surface area contributed by atoms with E-state index in [2.05, 4.69) is 10.6 Å². The number of carbonyl (C=O) groups is 1. The minimum absolute atomic E-state index is 0.0138. The van der Waals surface area contributed by atoms with Gasteiger partial charge in [-0.25, -0.2) is 21.6 Å². The maximum Gasteiger partial charge on any atom is 0.241 e. The van der Waals surface area contributed by atoms with Crippen LogP contribution in [0.3, 0.4) is 0 Å². The number of nitrogens with zero attached hydrogens (tertiary/aromatic N) is 1. The molecule has 2 aromatic carbocycles. The van der Waals surface area contributed by atoms with Crippen LogP contribution in [0.4, 0.5) is 18.9 Å². The maximum atomic E-state index is 15.2. The highest BCUT2D eigenvalue weighted by atomic mass is 32.2. The molecule has 1 aliphatic carbocycles. The Morgan fingerprint density at radius 1 is 1.09 bits per heavy atom. The molecule has 43 heavy (non-hydrogen) atoms. The zero-order valence-electron chi connectivity index (χ0n) is 24.4. The number of hydrogen-bond donors (Lipinski definition) is 3. The molecule has 5 atom stereocenters. The lowest BCUT2D eigenvalue weighted by Gasteiger charge is -2.37. The first kappa shape index (κ1) is 31.9. The number of halogens is 3. The minimum atomic E-state index is -3.45. The molecule has 1 amide bonds. The van der Waals surface area contributed by atoms with Crippen LogP contribution in [0.2, 0.25) is 0 Å². The number of methoxy groups -OCH3 is 1. The summed E-state index contributed by atoms with van der Waals surface area (Å²) < 4.78 is 76.1. The van der Waals surface area contributed by atoms with E-state index in [1.54, 1.807) is 19.2 Å². The van der Waals surface area contributed by atoms with Crippen molar-refractivity contribution >= 4 is 21.6 Å². The lowest BCUT2D eigenvalue weighted by molar-refractivity contribution is -0.118. The van der Waals surface area contributed by atoms with Crippen molar-refractivity contribution in [2.45, 2.75) is 81.5 Å². The molecule has 0 radical (unpaired) electrons. The summed E-state index contributed by atoms with van der Waals surface area (Å²) >= 11 is 0. The third kappa shape index (κ3) is 7.25. The fourth-order valence-corrected chi connectivity index (χ4v) is 8.84. The van der Waals surface area contributed by atoms with Crippen molar-refractivity contribution in [2.24, 2.45) is 11.7 Å². The summed E-state index contributed by atoms with van der Waals surface area (Å²) in [6.45, 7) is 0.770. The number of anilines is 1. The van der Waals surface area contributed by atoms with E-state index in [0.717, 1.165) is 43.7 Å². The van der Waals surface area contributed by atoms with Crippen molar-refractivity contribution in [2.75, 3.05) is 31.3 Å². The molecule has 2 bridgehead atoms. The molecular formula is C31H41F3N4O4S. The van der Waals surface area contributed by atoms with Crippen LogP contribution in [0.1, 0.15) is 62.0 Å². The maximum absolute atomic E-state index is 15.2. The molecule has 5 rings (SSSR count). The third-order valence-electron chi connectivity index (χ3n) is 9.45. The molecule has 4 N–H and O–H groups in total. The first-order valence-electron chi connectivity index (χ1n) is 15.1. The number of ether oxygens (including phenoxy) is 1. The van der Waals surface area contributed by atoms with Gasteiger partial charge in [0.2, 0.25) is 15.9 Å². The molecule has 0 spiro atoms. The Labute approximate surface area is 251 Å². The highest BCUT2D eigenvalue weighted by Crippen LogP contribution is 2.39. The number of sulfonamides is 1. The topological polar surface area (TPSA) is 114 Å². The second-order valence-corrected chi connectivity index (χ2v) is 14.1. The number of nitrogens with two attached hydrogens (primary N) is 1. The molecule has 1 saturated carbocycles. The van der Waals surface area contributed by atoms with E-state index < -0.39 is 51.4 Å². The zero-order chi connectivity index (χ0) is 30.7. The van der Waals surface area contributed by atoms with E-state index in [0.29, 0.717) is 19.5 Å². The van der Waals surface area contributed by atoms with E-state index in [-0.39, 0.29) is 47.9 Å². The molecule has 3 aliphatic rings. The standard InChI is InChI=1S/C31H41F3N4O4S/c1-42-24-11-6-20(7-12-24)28(19-4-8-21(32)9-5-19)30(35)31(39)37-27-15-14-26(33)29(34)25(27)13-10-23-17-36-22-3-2-16-43(40,41)38(23)18-22/h4-5,8-9,14-15,20,22-24,28,30,36H,2-3,6-7,10-13,16-18,35H2,1H3,(H,37,39)/t20?,22-,23+,24?,28+,30+/m1/s1. The number of nitrogens with one attached hydrogen (secondary N) is 2. The molecule has 2 aromatic rings. The highest BCUT2D eigenvalue weighted by molar-refractivity contribution is 7.89. The number of carbonyl (C=O) groups excluding carboxylic acids is 1. The van der Waals surface area contributed by atoms with E-state index in [9.17, 15) is 22.0 Å². The van der Waals surface area contributed by atoms with Gasteiger partial charge in [-0.15, -0.1) is 0 Å². The Bertz CT molecular complexity index is 1390. The van der Waals surface area contributed by atoms with Crippen LogP contribution in [0, 0.1) is 23.4 Å². The molecule has 236 valence electrons.